The molecular weight excluding hydrogens is 290 g/mol. The van der Waals surface area contributed by atoms with Crippen LogP contribution in [0.2, 0.25) is 0 Å². The molecule has 0 aliphatic carbocycles. The summed E-state index contributed by atoms with van der Waals surface area (Å²) in [4.78, 5) is 6.63. The zero-order valence-corrected chi connectivity index (χ0v) is 13.5. The van der Waals surface area contributed by atoms with Gasteiger partial charge in [0.1, 0.15) is 5.75 Å². The van der Waals surface area contributed by atoms with E-state index in [1.807, 2.05) is 24.4 Å². The van der Waals surface area contributed by atoms with Crippen LogP contribution >= 0.6 is 0 Å². The molecule has 122 valence electrons. The smallest absolute Gasteiger partial charge is 0.142 e. The highest BCUT2D eigenvalue weighted by Gasteiger charge is 2.15. The van der Waals surface area contributed by atoms with E-state index in [9.17, 15) is 0 Å². The van der Waals surface area contributed by atoms with Crippen LogP contribution in [-0.2, 0) is 17.8 Å². The van der Waals surface area contributed by atoms with E-state index >= 15 is 0 Å². The molecule has 2 heterocycles. The highest BCUT2D eigenvalue weighted by atomic mass is 16.5. The van der Waals surface area contributed by atoms with Gasteiger partial charge in [0, 0.05) is 32.4 Å². The van der Waals surface area contributed by atoms with Crippen molar-refractivity contribution in [2.24, 2.45) is 0 Å². The molecule has 0 unspecified atom stereocenters. The largest absolute Gasteiger partial charge is 0.495 e. The average molecular weight is 313 g/mol. The van der Waals surface area contributed by atoms with Crippen LogP contribution < -0.4 is 15.0 Å². The highest BCUT2D eigenvalue weighted by molar-refractivity contribution is 5.60. The zero-order chi connectivity index (χ0) is 15.9. The number of ether oxygens (including phenoxy) is 2. The molecule has 2 aromatic rings. The summed E-state index contributed by atoms with van der Waals surface area (Å²) in [5.74, 6) is 0.920. The highest BCUT2D eigenvalue weighted by Crippen LogP contribution is 2.29. The minimum Gasteiger partial charge on any atom is -0.495 e. The van der Waals surface area contributed by atoms with E-state index in [1.165, 1.54) is 5.56 Å². The number of nitrogens with one attached hydrogen (secondary N) is 1. The van der Waals surface area contributed by atoms with Crippen molar-refractivity contribution in [1.29, 1.82) is 0 Å². The first-order valence-electron chi connectivity index (χ1n) is 7.97. The Morgan fingerprint density at radius 1 is 1.17 bits per heavy atom. The van der Waals surface area contributed by atoms with Crippen LogP contribution in [0.15, 0.2) is 42.6 Å². The normalized spacial score (nSPS) is 14.7. The Bertz CT molecular complexity index is 613. The molecule has 1 aliphatic rings. The van der Waals surface area contributed by atoms with E-state index < -0.39 is 0 Å². The van der Waals surface area contributed by atoms with Crippen LogP contribution in [0.3, 0.4) is 0 Å². The molecule has 0 amide bonds. The fourth-order valence-electron chi connectivity index (χ4n) is 2.74. The van der Waals surface area contributed by atoms with Crippen LogP contribution in [0.25, 0.3) is 0 Å². The van der Waals surface area contributed by atoms with E-state index in [1.54, 1.807) is 7.11 Å². The Labute approximate surface area is 137 Å². The van der Waals surface area contributed by atoms with Crippen LogP contribution in [0.1, 0.15) is 11.3 Å². The van der Waals surface area contributed by atoms with Crippen molar-refractivity contribution in [3.63, 3.8) is 0 Å². The fraction of sp³-hybridized carbons (Fsp3) is 0.389. The third-order valence-electron chi connectivity index (χ3n) is 3.96. The van der Waals surface area contributed by atoms with Crippen LogP contribution in [0, 0.1) is 0 Å². The molecule has 0 atom stereocenters. The number of benzene rings is 1. The maximum atomic E-state index is 5.58. The molecule has 3 rings (SSSR count). The summed E-state index contributed by atoms with van der Waals surface area (Å²) in [6.45, 7) is 4.92. The Kier molecular flexibility index (Phi) is 5.45. The maximum absolute atomic E-state index is 5.58. The Balaban J connectivity index is 1.62. The molecule has 0 radical (unpaired) electrons. The molecule has 1 aromatic heterocycles. The van der Waals surface area contributed by atoms with Gasteiger partial charge in [-0.1, -0.05) is 12.1 Å². The number of anilines is 1. The summed E-state index contributed by atoms with van der Waals surface area (Å²) in [6.07, 6.45) is 1.82. The van der Waals surface area contributed by atoms with E-state index in [2.05, 4.69) is 33.4 Å². The van der Waals surface area contributed by atoms with Crippen LogP contribution in [-0.4, -0.2) is 38.4 Å². The summed E-state index contributed by atoms with van der Waals surface area (Å²) < 4.78 is 11.0. The third kappa shape index (κ3) is 4.21. The van der Waals surface area contributed by atoms with Gasteiger partial charge in [-0.05, 0) is 29.8 Å². The molecule has 1 aromatic carbocycles. The standard InChI is InChI=1S/C18H23N3O2/c1-22-18-12-15(13-19-14-16-4-2-3-7-20-16)5-6-17(18)21-8-10-23-11-9-21/h2-7,12,19H,8-11,13-14H2,1H3. The van der Waals surface area contributed by atoms with Gasteiger partial charge in [-0.3, -0.25) is 4.98 Å². The first kappa shape index (κ1) is 15.8. The summed E-state index contributed by atoms with van der Waals surface area (Å²) in [5, 5.41) is 3.42. The lowest BCUT2D eigenvalue weighted by atomic mass is 10.1. The topological polar surface area (TPSA) is 46.6 Å². The monoisotopic (exact) mass is 313 g/mol. The Hall–Kier alpha value is -2.11. The lowest BCUT2D eigenvalue weighted by molar-refractivity contribution is 0.122. The number of hydrogen-bond acceptors (Lipinski definition) is 5. The SMILES string of the molecule is COc1cc(CNCc2ccccn2)ccc1N1CCOCC1. The van der Waals surface area contributed by atoms with Gasteiger partial charge in [-0.15, -0.1) is 0 Å². The van der Waals surface area contributed by atoms with Gasteiger partial charge in [-0.2, -0.15) is 0 Å². The van der Waals surface area contributed by atoms with Gasteiger partial charge in [0.2, 0.25) is 0 Å². The number of nitrogens with zero attached hydrogens (tertiary/aromatic N) is 2. The van der Waals surface area contributed by atoms with Crippen molar-refractivity contribution in [2.75, 3.05) is 38.3 Å². The van der Waals surface area contributed by atoms with Crippen molar-refractivity contribution in [3.8, 4) is 5.75 Å². The molecule has 5 nitrogen and oxygen atoms in total. The molecule has 1 saturated heterocycles. The van der Waals surface area contributed by atoms with Gasteiger partial charge in [-0.25, -0.2) is 0 Å². The fourth-order valence-corrected chi connectivity index (χ4v) is 2.74. The van der Waals surface area contributed by atoms with Crippen molar-refractivity contribution in [1.82, 2.24) is 10.3 Å². The second-order valence-electron chi connectivity index (χ2n) is 5.53. The number of methoxy groups -OCH3 is 1. The van der Waals surface area contributed by atoms with Gasteiger partial charge < -0.3 is 19.7 Å². The summed E-state index contributed by atoms with van der Waals surface area (Å²) in [6, 6.07) is 12.4. The van der Waals surface area contributed by atoms with Crippen molar-refractivity contribution < 1.29 is 9.47 Å². The van der Waals surface area contributed by atoms with Crippen molar-refractivity contribution in [3.05, 3.63) is 53.9 Å². The molecule has 1 fully saturated rings. The molecule has 5 heteroatoms. The number of aromatic nitrogens is 1. The average Bonchev–Trinajstić information content (AvgIpc) is 2.63. The molecule has 1 N–H and O–H groups in total. The van der Waals surface area contributed by atoms with Crippen LogP contribution in [0.4, 0.5) is 5.69 Å². The Morgan fingerprint density at radius 2 is 2.04 bits per heavy atom. The predicted molar refractivity (Wildman–Crippen MR) is 90.8 cm³/mol. The van der Waals surface area contributed by atoms with E-state index in [0.29, 0.717) is 0 Å². The summed E-state index contributed by atoms with van der Waals surface area (Å²) >= 11 is 0. The van der Waals surface area contributed by atoms with Gasteiger partial charge >= 0.3 is 0 Å². The van der Waals surface area contributed by atoms with E-state index in [0.717, 1.165) is 56.5 Å². The first-order chi connectivity index (χ1) is 11.4. The number of pyridine rings is 1. The van der Waals surface area contributed by atoms with Gasteiger partial charge in [0.05, 0.1) is 31.7 Å². The lowest BCUT2D eigenvalue weighted by Crippen LogP contribution is -2.36. The molecule has 1 aliphatic heterocycles. The molecule has 0 bridgehead atoms. The zero-order valence-electron chi connectivity index (χ0n) is 13.5. The second-order valence-corrected chi connectivity index (χ2v) is 5.53. The predicted octanol–water partition coefficient (Wildman–Crippen LogP) is 2.22. The van der Waals surface area contributed by atoms with E-state index in [4.69, 9.17) is 9.47 Å². The van der Waals surface area contributed by atoms with Gasteiger partial charge in [0.15, 0.2) is 0 Å². The van der Waals surface area contributed by atoms with E-state index in [-0.39, 0.29) is 0 Å². The molecule has 0 saturated carbocycles. The number of rotatable bonds is 6. The summed E-state index contributed by atoms with van der Waals surface area (Å²) in [7, 11) is 1.73. The molecule has 0 spiro atoms. The minimum absolute atomic E-state index is 0.758. The van der Waals surface area contributed by atoms with Crippen LogP contribution in [0.5, 0.6) is 5.75 Å². The Morgan fingerprint density at radius 3 is 2.78 bits per heavy atom. The quantitative estimate of drug-likeness (QED) is 0.886. The first-order valence-corrected chi connectivity index (χ1v) is 7.97. The maximum Gasteiger partial charge on any atom is 0.142 e. The third-order valence-corrected chi connectivity index (χ3v) is 3.96. The van der Waals surface area contributed by atoms with Crippen molar-refractivity contribution in [2.45, 2.75) is 13.1 Å². The summed E-state index contributed by atoms with van der Waals surface area (Å²) in [5.41, 5.74) is 3.39. The molecule has 23 heavy (non-hydrogen) atoms. The van der Waals surface area contributed by atoms with Gasteiger partial charge in [0.25, 0.3) is 0 Å². The second kappa shape index (κ2) is 7.94. The minimum atomic E-state index is 0.758. The number of morpholine rings is 1. The lowest BCUT2D eigenvalue weighted by Gasteiger charge is -2.30. The van der Waals surface area contributed by atoms with Crippen molar-refractivity contribution >= 4 is 5.69 Å². The number of hydrogen-bond donors (Lipinski definition) is 1. The molecular formula is C18H23N3O2.